The van der Waals surface area contributed by atoms with Crippen molar-refractivity contribution in [3.8, 4) is 0 Å². The maximum absolute atomic E-state index is 12.8. The summed E-state index contributed by atoms with van der Waals surface area (Å²) in [5, 5.41) is 0. The molecule has 0 N–H and O–H groups in total. The second-order valence-corrected chi connectivity index (χ2v) is 19.6. The van der Waals surface area contributed by atoms with Crippen LogP contribution in [-0.2, 0) is 28.6 Å². The first-order chi connectivity index (χ1) is 32.0. The summed E-state index contributed by atoms with van der Waals surface area (Å²) in [6.45, 7) is 6.66. The molecule has 0 aromatic heterocycles. The number of hydrogen-bond donors (Lipinski definition) is 0. The smallest absolute Gasteiger partial charge is 0.306 e. The molecule has 65 heavy (non-hydrogen) atoms. The zero-order chi connectivity index (χ0) is 47.2. The van der Waals surface area contributed by atoms with Gasteiger partial charge in [-0.15, -0.1) is 0 Å². The molecule has 1 atom stereocenters. The monoisotopic (exact) mass is 915 g/mol. The molecule has 0 aliphatic rings. The first-order valence-corrected chi connectivity index (χ1v) is 28.8. The molecule has 0 spiro atoms. The lowest BCUT2D eigenvalue weighted by Crippen LogP contribution is -2.30. The van der Waals surface area contributed by atoms with Crippen molar-refractivity contribution in [3.63, 3.8) is 0 Å². The van der Waals surface area contributed by atoms with E-state index in [0.717, 1.165) is 70.6 Å². The van der Waals surface area contributed by atoms with Gasteiger partial charge in [0.2, 0.25) is 0 Å². The molecule has 382 valence electrons. The molecule has 6 nitrogen and oxygen atoms in total. The van der Waals surface area contributed by atoms with Crippen molar-refractivity contribution in [1.29, 1.82) is 0 Å². The molecule has 0 aliphatic heterocycles. The SMILES string of the molecule is CCCCCCC/C=C\CCCCCCCC(=O)OCC(COC(=O)CCCCCCCCCCCCCCCCCCCC)OC(=O)CCCCCCC/C=C\CCCCCCCC. The van der Waals surface area contributed by atoms with Crippen LogP contribution in [0.1, 0.15) is 316 Å². The molecule has 0 amide bonds. The highest BCUT2D eigenvalue weighted by Crippen LogP contribution is 2.16. The molecule has 6 heteroatoms. The Morgan fingerprint density at radius 2 is 0.508 bits per heavy atom. The Kier molecular flexibility index (Phi) is 52.7. The molecule has 0 saturated carbocycles. The Labute approximate surface area is 404 Å². The number of carbonyl (C=O) groups is 3. The van der Waals surface area contributed by atoms with E-state index < -0.39 is 6.10 Å². The summed E-state index contributed by atoms with van der Waals surface area (Å²) in [6, 6.07) is 0. The van der Waals surface area contributed by atoms with Crippen LogP contribution in [0.15, 0.2) is 24.3 Å². The Bertz CT molecular complexity index is 1050. The number of carbonyl (C=O) groups excluding carboxylic acids is 3. The van der Waals surface area contributed by atoms with Crippen LogP contribution in [0.25, 0.3) is 0 Å². The van der Waals surface area contributed by atoms with Crippen molar-refractivity contribution in [2.75, 3.05) is 13.2 Å². The topological polar surface area (TPSA) is 78.9 Å². The lowest BCUT2D eigenvalue weighted by Gasteiger charge is -2.18. The average Bonchev–Trinajstić information content (AvgIpc) is 3.30. The minimum absolute atomic E-state index is 0.0728. The van der Waals surface area contributed by atoms with Crippen molar-refractivity contribution < 1.29 is 28.6 Å². The second-order valence-electron chi connectivity index (χ2n) is 19.6. The molecule has 0 rings (SSSR count). The van der Waals surface area contributed by atoms with E-state index in [4.69, 9.17) is 14.2 Å². The predicted molar refractivity (Wildman–Crippen MR) is 279 cm³/mol. The fourth-order valence-electron chi connectivity index (χ4n) is 8.55. The molecular weight excluding hydrogens is 805 g/mol. The first kappa shape index (κ1) is 62.9. The lowest BCUT2D eigenvalue weighted by atomic mass is 10.0. The number of hydrogen-bond acceptors (Lipinski definition) is 6. The molecule has 0 aromatic rings. The van der Waals surface area contributed by atoms with Crippen molar-refractivity contribution in [3.05, 3.63) is 24.3 Å². The van der Waals surface area contributed by atoms with E-state index in [1.54, 1.807) is 0 Å². The van der Waals surface area contributed by atoms with Crippen LogP contribution in [0.4, 0.5) is 0 Å². The summed E-state index contributed by atoms with van der Waals surface area (Å²) < 4.78 is 16.9. The minimum atomic E-state index is -0.775. The fourth-order valence-corrected chi connectivity index (χ4v) is 8.55. The number of unbranched alkanes of at least 4 members (excludes halogenated alkanes) is 38. The Morgan fingerprint density at radius 3 is 0.769 bits per heavy atom. The highest BCUT2D eigenvalue weighted by molar-refractivity contribution is 5.71. The van der Waals surface area contributed by atoms with Gasteiger partial charge in [-0.1, -0.05) is 251 Å². The molecule has 0 aliphatic carbocycles. The highest BCUT2D eigenvalue weighted by Gasteiger charge is 2.19. The van der Waals surface area contributed by atoms with E-state index in [2.05, 4.69) is 45.1 Å². The van der Waals surface area contributed by atoms with Gasteiger partial charge in [0.05, 0.1) is 0 Å². The number of esters is 3. The third-order valence-corrected chi connectivity index (χ3v) is 12.9. The van der Waals surface area contributed by atoms with Crippen LogP contribution in [-0.4, -0.2) is 37.2 Å². The molecule has 0 fully saturated rings. The van der Waals surface area contributed by atoms with E-state index >= 15 is 0 Å². The van der Waals surface area contributed by atoms with Gasteiger partial charge >= 0.3 is 17.9 Å². The first-order valence-electron chi connectivity index (χ1n) is 28.8. The highest BCUT2D eigenvalue weighted by atomic mass is 16.6. The summed E-state index contributed by atoms with van der Waals surface area (Å²) in [4.78, 5) is 38.1. The van der Waals surface area contributed by atoms with Crippen LogP contribution in [0, 0.1) is 0 Å². The van der Waals surface area contributed by atoms with Gasteiger partial charge in [-0.25, -0.2) is 0 Å². The minimum Gasteiger partial charge on any atom is -0.462 e. The molecule has 0 aromatic carbocycles. The summed E-state index contributed by atoms with van der Waals surface area (Å²) in [5.74, 6) is -0.871. The fraction of sp³-hybridized carbons (Fsp3) is 0.881. The Morgan fingerprint density at radius 1 is 0.292 bits per heavy atom. The van der Waals surface area contributed by atoms with Gasteiger partial charge < -0.3 is 14.2 Å². The van der Waals surface area contributed by atoms with E-state index in [-0.39, 0.29) is 31.1 Å². The molecule has 1 unspecified atom stereocenters. The predicted octanol–water partition coefficient (Wildman–Crippen LogP) is 19.1. The van der Waals surface area contributed by atoms with Crippen molar-refractivity contribution in [2.45, 2.75) is 322 Å². The number of ether oxygens (including phenoxy) is 3. The van der Waals surface area contributed by atoms with E-state index in [0.29, 0.717) is 19.3 Å². The van der Waals surface area contributed by atoms with Crippen molar-refractivity contribution in [1.82, 2.24) is 0 Å². The summed E-state index contributed by atoms with van der Waals surface area (Å²) >= 11 is 0. The van der Waals surface area contributed by atoms with Crippen LogP contribution in [0.5, 0.6) is 0 Å². The Hall–Kier alpha value is -2.11. The molecular formula is C59H110O6. The molecule has 0 bridgehead atoms. The summed E-state index contributed by atoms with van der Waals surface area (Å²) in [5.41, 5.74) is 0. The third kappa shape index (κ3) is 52.7. The molecule has 0 heterocycles. The van der Waals surface area contributed by atoms with Gasteiger partial charge in [0.25, 0.3) is 0 Å². The lowest BCUT2D eigenvalue weighted by molar-refractivity contribution is -0.167. The largest absolute Gasteiger partial charge is 0.462 e. The van der Waals surface area contributed by atoms with Gasteiger partial charge in [0.15, 0.2) is 6.10 Å². The maximum atomic E-state index is 12.8. The van der Waals surface area contributed by atoms with Gasteiger partial charge in [0.1, 0.15) is 13.2 Å². The molecule has 0 radical (unpaired) electrons. The second kappa shape index (κ2) is 54.5. The van der Waals surface area contributed by atoms with E-state index in [1.165, 1.54) is 205 Å². The van der Waals surface area contributed by atoms with Crippen LogP contribution in [0.2, 0.25) is 0 Å². The number of allylic oxidation sites excluding steroid dienone is 4. The van der Waals surface area contributed by atoms with Crippen molar-refractivity contribution in [2.24, 2.45) is 0 Å². The molecule has 0 saturated heterocycles. The van der Waals surface area contributed by atoms with E-state index in [1.807, 2.05) is 0 Å². The summed E-state index contributed by atoms with van der Waals surface area (Å²) in [7, 11) is 0. The average molecular weight is 916 g/mol. The van der Waals surface area contributed by atoms with Crippen LogP contribution in [0.3, 0.4) is 0 Å². The van der Waals surface area contributed by atoms with Gasteiger partial charge in [-0.2, -0.15) is 0 Å². The van der Waals surface area contributed by atoms with Crippen LogP contribution >= 0.6 is 0 Å². The standard InChI is InChI=1S/C59H110O6/c1-4-7-10-13-16-19-22-25-28-29-30-32-34-37-40-43-46-49-52-58(61)64-55-56(54-63-57(60)51-48-45-42-39-36-33-27-24-21-18-15-12-9-6-3)65-59(62)53-50-47-44-41-38-35-31-26-23-20-17-14-11-8-5-2/h24,26-27,31,56H,4-23,25,28-30,32-55H2,1-3H3/b27-24-,31-26-. The van der Waals surface area contributed by atoms with Crippen LogP contribution < -0.4 is 0 Å². The summed E-state index contributed by atoms with van der Waals surface area (Å²) in [6.07, 6.45) is 63.1. The quantitative estimate of drug-likeness (QED) is 0.0262. The normalized spacial score (nSPS) is 12.1. The maximum Gasteiger partial charge on any atom is 0.306 e. The van der Waals surface area contributed by atoms with Gasteiger partial charge in [-0.3, -0.25) is 14.4 Å². The van der Waals surface area contributed by atoms with Gasteiger partial charge in [0, 0.05) is 19.3 Å². The van der Waals surface area contributed by atoms with Gasteiger partial charge in [-0.05, 0) is 70.6 Å². The number of rotatable bonds is 53. The zero-order valence-corrected chi connectivity index (χ0v) is 43.8. The van der Waals surface area contributed by atoms with E-state index in [9.17, 15) is 14.4 Å². The Balaban J connectivity index is 4.33. The van der Waals surface area contributed by atoms with Crippen molar-refractivity contribution >= 4 is 17.9 Å². The zero-order valence-electron chi connectivity index (χ0n) is 43.8. The third-order valence-electron chi connectivity index (χ3n) is 12.9.